The first kappa shape index (κ1) is 22.6. The highest BCUT2D eigenvalue weighted by Crippen LogP contribution is 2.45. The van der Waals surface area contributed by atoms with Crippen molar-refractivity contribution in [3.05, 3.63) is 102 Å². The van der Waals surface area contributed by atoms with Gasteiger partial charge >= 0.3 is 6.09 Å². The average Bonchev–Trinajstić information content (AvgIpc) is 3.22. The van der Waals surface area contributed by atoms with Crippen molar-refractivity contribution in [2.75, 3.05) is 7.11 Å². The molecule has 1 saturated heterocycles. The first-order valence-electron chi connectivity index (χ1n) is 11.3. The lowest BCUT2D eigenvalue weighted by molar-refractivity contribution is -0.134. The van der Waals surface area contributed by atoms with Crippen molar-refractivity contribution in [2.45, 2.75) is 38.3 Å². The number of carbonyl (C=O) groups excluding carboxylic acids is 2. The van der Waals surface area contributed by atoms with Crippen molar-refractivity contribution in [1.82, 2.24) is 4.90 Å². The van der Waals surface area contributed by atoms with Crippen LogP contribution in [-0.2, 0) is 9.53 Å². The number of imide groups is 1. The van der Waals surface area contributed by atoms with Crippen LogP contribution in [-0.4, -0.2) is 24.0 Å². The number of nitrogens with zero attached hydrogens (tertiary/aromatic N) is 1. The summed E-state index contributed by atoms with van der Waals surface area (Å²) < 4.78 is 11.2. The predicted molar refractivity (Wildman–Crippen MR) is 127 cm³/mol. The van der Waals surface area contributed by atoms with E-state index in [0.29, 0.717) is 0 Å². The lowest BCUT2D eigenvalue weighted by Crippen LogP contribution is -2.39. The highest BCUT2D eigenvalue weighted by Gasteiger charge is 2.48. The molecule has 0 bridgehead atoms. The Balaban J connectivity index is 1.70. The zero-order valence-electron chi connectivity index (χ0n) is 19.2. The molecule has 3 aromatic rings. The molecule has 4 rings (SSSR count). The van der Waals surface area contributed by atoms with E-state index in [9.17, 15) is 9.59 Å². The van der Waals surface area contributed by atoms with Crippen LogP contribution in [0.3, 0.4) is 0 Å². The minimum absolute atomic E-state index is 0.0624. The fraction of sp³-hybridized carbons (Fsp3) is 0.286. The molecule has 4 atom stereocenters. The Hall–Kier alpha value is -3.60. The Labute approximate surface area is 194 Å². The van der Waals surface area contributed by atoms with Gasteiger partial charge in [-0.25, -0.2) is 9.69 Å². The highest BCUT2D eigenvalue weighted by molar-refractivity contribution is 5.95. The van der Waals surface area contributed by atoms with Crippen LogP contribution in [0.15, 0.2) is 84.9 Å². The molecule has 0 aliphatic carbocycles. The number of benzene rings is 3. The van der Waals surface area contributed by atoms with Crippen molar-refractivity contribution in [2.24, 2.45) is 5.92 Å². The largest absolute Gasteiger partial charge is 0.497 e. The van der Waals surface area contributed by atoms with Crippen LogP contribution in [0.2, 0.25) is 0 Å². The summed E-state index contributed by atoms with van der Waals surface area (Å²) in [5, 5.41) is 0. The number of amides is 2. The maximum Gasteiger partial charge on any atom is 0.417 e. The molecule has 4 unspecified atom stereocenters. The van der Waals surface area contributed by atoms with Crippen LogP contribution in [0.4, 0.5) is 4.79 Å². The van der Waals surface area contributed by atoms with Gasteiger partial charge in [0, 0.05) is 5.92 Å². The Morgan fingerprint density at radius 1 is 0.970 bits per heavy atom. The monoisotopic (exact) mass is 443 g/mol. The summed E-state index contributed by atoms with van der Waals surface area (Å²) in [7, 11) is 1.63. The van der Waals surface area contributed by atoms with Gasteiger partial charge in [-0.1, -0.05) is 86.6 Å². The molecular weight excluding hydrogens is 414 g/mol. The fourth-order valence-corrected chi connectivity index (χ4v) is 4.71. The van der Waals surface area contributed by atoms with Gasteiger partial charge in [0.05, 0.1) is 7.11 Å². The highest BCUT2D eigenvalue weighted by atomic mass is 16.6. The van der Waals surface area contributed by atoms with E-state index in [4.69, 9.17) is 9.47 Å². The molecule has 0 aromatic heterocycles. The van der Waals surface area contributed by atoms with E-state index in [2.05, 4.69) is 6.92 Å². The van der Waals surface area contributed by atoms with E-state index in [0.717, 1.165) is 28.9 Å². The zero-order chi connectivity index (χ0) is 23.4. The van der Waals surface area contributed by atoms with Gasteiger partial charge in [-0.2, -0.15) is 0 Å². The molecule has 3 aromatic carbocycles. The summed E-state index contributed by atoms with van der Waals surface area (Å²) in [6.07, 6.45) is -0.412. The van der Waals surface area contributed by atoms with Crippen LogP contribution in [0.5, 0.6) is 5.75 Å². The number of rotatable bonds is 7. The minimum atomic E-state index is -0.602. The van der Waals surface area contributed by atoms with Crippen molar-refractivity contribution >= 4 is 12.0 Å². The summed E-state index contributed by atoms with van der Waals surface area (Å²) in [6, 6.07) is 26.5. The molecule has 5 heteroatoms. The minimum Gasteiger partial charge on any atom is -0.497 e. The molecular formula is C28H29NO4. The van der Waals surface area contributed by atoms with E-state index in [1.807, 2.05) is 91.9 Å². The van der Waals surface area contributed by atoms with Crippen molar-refractivity contribution in [3.63, 3.8) is 0 Å². The second-order valence-corrected chi connectivity index (χ2v) is 8.36. The van der Waals surface area contributed by atoms with Crippen LogP contribution >= 0.6 is 0 Å². The molecule has 0 radical (unpaired) electrons. The molecule has 33 heavy (non-hydrogen) atoms. The van der Waals surface area contributed by atoms with Gasteiger partial charge in [0.25, 0.3) is 0 Å². The van der Waals surface area contributed by atoms with Crippen molar-refractivity contribution in [3.8, 4) is 5.75 Å². The molecule has 1 fully saturated rings. The summed E-state index contributed by atoms with van der Waals surface area (Å²) in [5.74, 6) is 0.0300. The molecule has 1 aliphatic heterocycles. The Bertz CT molecular complexity index is 1100. The third kappa shape index (κ3) is 4.49. The first-order chi connectivity index (χ1) is 16.0. The summed E-state index contributed by atoms with van der Waals surface area (Å²) in [6.45, 7) is 3.94. The van der Waals surface area contributed by atoms with E-state index >= 15 is 0 Å². The van der Waals surface area contributed by atoms with E-state index in [1.165, 1.54) is 4.90 Å². The second kappa shape index (κ2) is 9.90. The smallest absolute Gasteiger partial charge is 0.417 e. The van der Waals surface area contributed by atoms with Gasteiger partial charge in [-0.3, -0.25) is 4.79 Å². The second-order valence-electron chi connectivity index (χ2n) is 8.36. The summed E-state index contributed by atoms with van der Waals surface area (Å²) in [5.41, 5.74) is 2.75. The number of hydrogen-bond donors (Lipinski definition) is 0. The lowest BCUT2D eigenvalue weighted by atomic mass is 9.83. The third-order valence-electron chi connectivity index (χ3n) is 6.45. The third-order valence-corrected chi connectivity index (χ3v) is 6.45. The maximum atomic E-state index is 13.8. The van der Waals surface area contributed by atoms with Gasteiger partial charge in [-0.15, -0.1) is 0 Å². The summed E-state index contributed by atoms with van der Waals surface area (Å²) in [4.78, 5) is 28.3. The van der Waals surface area contributed by atoms with Gasteiger partial charge in [0.2, 0.25) is 5.91 Å². The topological polar surface area (TPSA) is 55.8 Å². The number of cyclic esters (lactones) is 1. The number of ether oxygens (including phenoxy) is 2. The van der Waals surface area contributed by atoms with Gasteiger partial charge in [-0.05, 0) is 41.2 Å². The van der Waals surface area contributed by atoms with Gasteiger partial charge in [0.15, 0.2) is 6.10 Å². The van der Waals surface area contributed by atoms with Gasteiger partial charge < -0.3 is 9.47 Å². The van der Waals surface area contributed by atoms with Gasteiger partial charge in [0.1, 0.15) is 11.8 Å². The maximum absolute atomic E-state index is 13.8. The van der Waals surface area contributed by atoms with E-state index in [-0.39, 0.29) is 11.8 Å². The van der Waals surface area contributed by atoms with Crippen molar-refractivity contribution in [1.29, 1.82) is 0 Å². The quantitative estimate of drug-likeness (QED) is 0.431. The number of carbonyl (C=O) groups is 2. The molecule has 2 amide bonds. The molecule has 1 heterocycles. The predicted octanol–water partition coefficient (Wildman–Crippen LogP) is 6.29. The van der Waals surface area contributed by atoms with Crippen LogP contribution in [0.25, 0.3) is 0 Å². The zero-order valence-corrected chi connectivity index (χ0v) is 19.2. The lowest BCUT2D eigenvalue weighted by Gasteiger charge is -2.29. The molecule has 0 N–H and O–H groups in total. The normalized spacial score (nSPS) is 19.6. The molecule has 170 valence electrons. The Kier molecular flexibility index (Phi) is 6.78. The van der Waals surface area contributed by atoms with Crippen molar-refractivity contribution < 1.29 is 19.1 Å². The molecule has 0 spiro atoms. The summed E-state index contributed by atoms with van der Waals surface area (Å²) >= 11 is 0. The van der Waals surface area contributed by atoms with Crippen LogP contribution in [0.1, 0.15) is 55.0 Å². The standard InChI is InChI=1S/C28H29NO4/c1-4-24(22-16-11-17-23(18-22)32-3)19(2)27(30)29-25(20-12-7-5-8-13-20)26(33-28(29)31)21-14-9-6-10-15-21/h5-19,24-26H,4H2,1-3H3. The Morgan fingerprint density at radius 2 is 1.61 bits per heavy atom. The van der Waals surface area contributed by atoms with E-state index in [1.54, 1.807) is 7.11 Å². The SMILES string of the molecule is CCC(c1cccc(OC)c1)C(C)C(=O)N1C(=O)OC(c2ccccc2)C1c1ccccc1. The van der Waals surface area contributed by atoms with Crippen LogP contribution in [0, 0.1) is 5.92 Å². The first-order valence-corrected chi connectivity index (χ1v) is 11.3. The molecule has 1 aliphatic rings. The molecule has 0 saturated carbocycles. The Morgan fingerprint density at radius 3 is 2.21 bits per heavy atom. The van der Waals surface area contributed by atoms with Crippen LogP contribution < -0.4 is 4.74 Å². The fourth-order valence-electron chi connectivity index (χ4n) is 4.71. The van der Waals surface area contributed by atoms with E-state index < -0.39 is 24.2 Å². The average molecular weight is 444 g/mol. The number of methoxy groups -OCH3 is 1. The molecule has 5 nitrogen and oxygen atoms in total. The number of hydrogen-bond acceptors (Lipinski definition) is 4.